The molecule has 1 aromatic rings. The molecule has 0 unspecified atom stereocenters. The van der Waals surface area contributed by atoms with Crippen molar-refractivity contribution in [2.24, 2.45) is 5.73 Å². The molecule has 90 valence electrons. The molecule has 0 bridgehead atoms. The highest BCUT2D eigenvalue weighted by Gasteiger charge is 2.25. The third kappa shape index (κ3) is 2.71. The fourth-order valence-electron chi connectivity index (χ4n) is 2.38. The van der Waals surface area contributed by atoms with Crippen molar-refractivity contribution in [1.29, 1.82) is 0 Å². The Morgan fingerprint density at radius 3 is 2.75 bits per heavy atom. The Hall–Kier alpha value is -0.680. The number of hydrogen-bond donors (Lipinski definition) is 1. The zero-order valence-corrected chi connectivity index (χ0v) is 10.6. The first-order valence-corrected chi connectivity index (χ1v) is 6.87. The average Bonchev–Trinajstić information content (AvgIpc) is 2.81. The van der Waals surface area contributed by atoms with Gasteiger partial charge in [-0.2, -0.15) is 4.37 Å². The Kier molecular flexibility index (Phi) is 4.12. The average molecular weight is 240 g/mol. The third-order valence-electron chi connectivity index (χ3n) is 3.24. The summed E-state index contributed by atoms with van der Waals surface area (Å²) in [4.78, 5) is 6.75. The van der Waals surface area contributed by atoms with Gasteiger partial charge < -0.3 is 10.6 Å². The van der Waals surface area contributed by atoms with Crippen molar-refractivity contribution in [2.75, 3.05) is 11.4 Å². The summed E-state index contributed by atoms with van der Waals surface area (Å²) in [6.45, 7) is 3.29. The highest BCUT2D eigenvalue weighted by Crippen LogP contribution is 2.27. The summed E-state index contributed by atoms with van der Waals surface area (Å²) >= 11 is 1.50. The molecule has 1 aromatic heterocycles. The predicted molar refractivity (Wildman–Crippen MR) is 67.8 cm³/mol. The zero-order valence-electron chi connectivity index (χ0n) is 9.80. The molecule has 2 rings (SSSR count). The topological polar surface area (TPSA) is 55.0 Å². The second kappa shape index (κ2) is 5.59. The third-order valence-corrected chi connectivity index (χ3v) is 3.94. The smallest absolute Gasteiger partial charge is 0.205 e. The van der Waals surface area contributed by atoms with E-state index in [4.69, 9.17) is 5.73 Å². The van der Waals surface area contributed by atoms with E-state index < -0.39 is 0 Å². The maximum absolute atomic E-state index is 5.95. The summed E-state index contributed by atoms with van der Waals surface area (Å²) in [6, 6.07) is 1.03. The van der Waals surface area contributed by atoms with Crippen LogP contribution in [0.5, 0.6) is 0 Å². The summed E-state index contributed by atoms with van der Waals surface area (Å²) in [6.07, 6.45) is 7.48. The number of nitrogens with two attached hydrogens (primary N) is 1. The van der Waals surface area contributed by atoms with Crippen molar-refractivity contribution in [3.05, 3.63) is 6.33 Å². The molecule has 0 amide bonds. The molecule has 4 nitrogen and oxygen atoms in total. The molecule has 1 aliphatic rings. The molecule has 16 heavy (non-hydrogen) atoms. The molecule has 5 heteroatoms. The minimum absolute atomic E-state index is 0.411. The number of rotatable bonds is 4. The van der Waals surface area contributed by atoms with Crippen LogP contribution in [0.25, 0.3) is 0 Å². The Morgan fingerprint density at radius 2 is 2.19 bits per heavy atom. The molecule has 0 aromatic carbocycles. The van der Waals surface area contributed by atoms with Crippen LogP contribution in [-0.4, -0.2) is 28.0 Å². The number of aromatic nitrogens is 2. The first-order valence-electron chi connectivity index (χ1n) is 6.10. The van der Waals surface area contributed by atoms with Crippen LogP contribution in [-0.2, 0) is 0 Å². The van der Waals surface area contributed by atoms with E-state index in [-0.39, 0.29) is 0 Å². The van der Waals surface area contributed by atoms with E-state index in [1.807, 2.05) is 0 Å². The zero-order chi connectivity index (χ0) is 11.4. The Morgan fingerprint density at radius 1 is 1.44 bits per heavy atom. The van der Waals surface area contributed by atoms with E-state index in [1.165, 1.54) is 24.4 Å². The van der Waals surface area contributed by atoms with E-state index in [0.717, 1.165) is 30.9 Å². The Labute approximate surface area is 101 Å². The van der Waals surface area contributed by atoms with Crippen LogP contribution in [0.15, 0.2) is 6.33 Å². The quantitative estimate of drug-likeness (QED) is 0.875. The van der Waals surface area contributed by atoms with E-state index >= 15 is 0 Å². The molecule has 1 heterocycles. The van der Waals surface area contributed by atoms with Crippen molar-refractivity contribution in [3.63, 3.8) is 0 Å². The van der Waals surface area contributed by atoms with E-state index in [0.29, 0.717) is 12.1 Å². The minimum atomic E-state index is 0.411. The lowest BCUT2D eigenvalue weighted by Crippen LogP contribution is -2.41. The molecular weight excluding hydrogens is 220 g/mol. The second-order valence-electron chi connectivity index (χ2n) is 4.49. The first-order chi connectivity index (χ1) is 7.81. The van der Waals surface area contributed by atoms with Crippen LogP contribution >= 0.6 is 11.5 Å². The Balaban J connectivity index is 2.02. The van der Waals surface area contributed by atoms with Gasteiger partial charge in [0.05, 0.1) is 0 Å². The van der Waals surface area contributed by atoms with Crippen LogP contribution in [0.4, 0.5) is 5.13 Å². The van der Waals surface area contributed by atoms with Crippen LogP contribution in [0.1, 0.15) is 39.0 Å². The highest BCUT2D eigenvalue weighted by molar-refractivity contribution is 7.09. The van der Waals surface area contributed by atoms with Crippen LogP contribution in [0.3, 0.4) is 0 Å². The van der Waals surface area contributed by atoms with E-state index in [9.17, 15) is 0 Å². The minimum Gasteiger partial charge on any atom is -0.344 e. The highest BCUT2D eigenvalue weighted by atomic mass is 32.1. The van der Waals surface area contributed by atoms with E-state index in [2.05, 4.69) is 21.2 Å². The van der Waals surface area contributed by atoms with E-state index in [1.54, 1.807) is 6.33 Å². The lowest BCUT2D eigenvalue weighted by molar-refractivity contribution is 0.375. The molecule has 1 aliphatic carbocycles. The summed E-state index contributed by atoms with van der Waals surface area (Å²) in [5, 5.41) is 1.07. The summed E-state index contributed by atoms with van der Waals surface area (Å²) in [7, 11) is 0. The maximum Gasteiger partial charge on any atom is 0.205 e. The molecule has 0 atom stereocenters. The molecule has 0 spiro atoms. The molecule has 1 saturated carbocycles. The normalized spacial score (nSPS) is 25.6. The van der Waals surface area contributed by atoms with Gasteiger partial charge in [0.1, 0.15) is 6.33 Å². The maximum atomic E-state index is 5.95. The standard InChI is InChI=1S/C11H20N4S/c1-2-7-15(11-13-8-14-16-11)10-5-3-9(12)4-6-10/h8-10H,2-7,12H2,1H3. The molecule has 0 radical (unpaired) electrons. The van der Waals surface area contributed by atoms with Crippen molar-refractivity contribution in [2.45, 2.75) is 51.1 Å². The van der Waals surface area contributed by atoms with Crippen molar-refractivity contribution in [3.8, 4) is 0 Å². The van der Waals surface area contributed by atoms with Crippen molar-refractivity contribution in [1.82, 2.24) is 9.36 Å². The van der Waals surface area contributed by atoms with Gasteiger partial charge in [0.25, 0.3) is 0 Å². The van der Waals surface area contributed by atoms with Gasteiger partial charge in [-0.05, 0) is 32.1 Å². The lowest BCUT2D eigenvalue weighted by Gasteiger charge is -2.35. The van der Waals surface area contributed by atoms with Crippen molar-refractivity contribution >= 4 is 16.7 Å². The number of anilines is 1. The molecule has 1 fully saturated rings. The summed E-state index contributed by atoms with van der Waals surface area (Å²) < 4.78 is 4.10. The van der Waals surface area contributed by atoms with Gasteiger partial charge in [-0.25, -0.2) is 4.98 Å². The van der Waals surface area contributed by atoms with Gasteiger partial charge in [-0.3, -0.25) is 0 Å². The van der Waals surface area contributed by atoms with Crippen molar-refractivity contribution < 1.29 is 0 Å². The monoisotopic (exact) mass is 240 g/mol. The molecule has 0 saturated heterocycles. The van der Waals surface area contributed by atoms with Gasteiger partial charge in [-0.1, -0.05) is 6.92 Å². The van der Waals surface area contributed by atoms with Gasteiger partial charge in [0.2, 0.25) is 5.13 Å². The molecule has 0 aliphatic heterocycles. The SMILES string of the molecule is CCCN(c1ncns1)C1CCC(N)CC1. The summed E-state index contributed by atoms with van der Waals surface area (Å²) in [5.74, 6) is 0. The molecule has 2 N–H and O–H groups in total. The van der Waals surface area contributed by atoms with Gasteiger partial charge in [-0.15, -0.1) is 0 Å². The lowest BCUT2D eigenvalue weighted by atomic mass is 9.91. The predicted octanol–water partition coefficient (Wildman–Crippen LogP) is 2.02. The fourth-order valence-corrected chi connectivity index (χ4v) is 3.01. The summed E-state index contributed by atoms with van der Waals surface area (Å²) in [5.41, 5.74) is 5.95. The molecular formula is C11H20N4S. The number of hydrogen-bond acceptors (Lipinski definition) is 5. The largest absolute Gasteiger partial charge is 0.344 e. The number of nitrogens with zero attached hydrogens (tertiary/aromatic N) is 3. The first kappa shape index (κ1) is 11.8. The van der Waals surface area contributed by atoms with Crippen LogP contribution in [0.2, 0.25) is 0 Å². The van der Waals surface area contributed by atoms with Crippen LogP contribution in [0, 0.1) is 0 Å². The fraction of sp³-hybridized carbons (Fsp3) is 0.818. The second-order valence-corrected chi connectivity index (χ2v) is 5.24. The van der Waals surface area contributed by atoms with Gasteiger partial charge in [0.15, 0.2) is 0 Å². The van der Waals surface area contributed by atoms with Gasteiger partial charge >= 0.3 is 0 Å². The van der Waals surface area contributed by atoms with Crippen LogP contribution < -0.4 is 10.6 Å². The van der Waals surface area contributed by atoms with Gasteiger partial charge in [0, 0.05) is 30.2 Å². The Bertz CT molecular complexity index is 293.